The minimum Gasteiger partial charge on any atom is -0.229 e. The van der Waals surface area contributed by atoms with E-state index in [1.165, 1.54) is 5.56 Å². The number of hydrogen-bond acceptors (Lipinski definition) is 2. The summed E-state index contributed by atoms with van der Waals surface area (Å²) in [6.45, 7) is 3.88. The van der Waals surface area contributed by atoms with Crippen molar-refractivity contribution < 1.29 is 8.42 Å². The lowest BCUT2D eigenvalue weighted by Crippen LogP contribution is -2.28. The maximum absolute atomic E-state index is 11.6. The molecule has 1 aromatic rings. The molecule has 0 amide bonds. The maximum Gasteiger partial charge on any atom is 0.150 e. The molecule has 0 saturated heterocycles. The lowest BCUT2D eigenvalue weighted by molar-refractivity contribution is 0.424. The maximum atomic E-state index is 11.6. The fourth-order valence-corrected chi connectivity index (χ4v) is 4.20. The van der Waals surface area contributed by atoms with Gasteiger partial charge in [-0.1, -0.05) is 60.1 Å². The molecule has 1 unspecified atom stereocenters. The molecule has 4 heteroatoms. The summed E-state index contributed by atoms with van der Waals surface area (Å²) < 4.78 is 23.2. The standard InChI is InChI=1S/C15H23BrO2S/c1-3-15(13-16,14-9-6-5-7-10-14)11-8-12-19(17,18)4-2/h5-7,9-10H,3-4,8,11-13H2,1-2H3. The van der Waals surface area contributed by atoms with E-state index in [0.29, 0.717) is 5.75 Å². The molecule has 0 bridgehead atoms. The highest BCUT2D eigenvalue weighted by Crippen LogP contribution is 2.35. The molecule has 0 fully saturated rings. The van der Waals surface area contributed by atoms with E-state index in [2.05, 4.69) is 35.0 Å². The van der Waals surface area contributed by atoms with Gasteiger partial charge in [-0.2, -0.15) is 0 Å². The fraction of sp³-hybridized carbons (Fsp3) is 0.600. The second-order valence-corrected chi connectivity index (χ2v) is 8.01. The lowest BCUT2D eigenvalue weighted by atomic mass is 9.76. The molecule has 1 rings (SSSR count). The molecule has 0 N–H and O–H groups in total. The van der Waals surface area contributed by atoms with Crippen molar-refractivity contribution in [2.75, 3.05) is 16.8 Å². The Morgan fingerprint density at radius 3 is 2.26 bits per heavy atom. The summed E-state index contributed by atoms with van der Waals surface area (Å²) in [6.07, 6.45) is 2.64. The van der Waals surface area contributed by atoms with Crippen LogP contribution in [-0.2, 0) is 15.3 Å². The molecule has 0 radical (unpaired) electrons. The van der Waals surface area contributed by atoms with Gasteiger partial charge >= 0.3 is 0 Å². The van der Waals surface area contributed by atoms with Gasteiger partial charge in [0.05, 0.1) is 5.75 Å². The van der Waals surface area contributed by atoms with Crippen LogP contribution < -0.4 is 0 Å². The SMILES string of the molecule is CCC(CBr)(CCCS(=O)(=O)CC)c1ccccc1. The molecule has 1 aromatic carbocycles. The first kappa shape index (κ1) is 16.7. The van der Waals surface area contributed by atoms with Crippen molar-refractivity contribution >= 4 is 25.8 Å². The van der Waals surface area contributed by atoms with Crippen molar-refractivity contribution in [3.8, 4) is 0 Å². The highest BCUT2D eigenvalue weighted by atomic mass is 79.9. The van der Waals surface area contributed by atoms with Gasteiger partial charge < -0.3 is 0 Å². The number of hydrogen-bond donors (Lipinski definition) is 0. The quantitative estimate of drug-likeness (QED) is 0.668. The highest BCUT2D eigenvalue weighted by molar-refractivity contribution is 9.09. The van der Waals surface area contributed by atoms with E-state index in [4.69, 9.17) is 0 Å². The Morgan fingerprint density at radius 1 is 1.16 bits per heavy atom. The third kappa shape index (κ3) is 4.60. The molecule has 2 nitrogen and oxygen atoms in total. The zero-order valence-electron chi connectivity index (χ0n) is 11.7. The van der Waals surface area contributed by atoms with Crippen LogP contribution in [-0.4, -0.2) is 25.3 Å². The average molecular weight is 347 g/mol. The van der Waals surface area contributed by atoms with Gasteiger partial charge in [0.25, 0.3) is 0 Å². The van der Waals surface area contributed by atoms with E-state index < -0.39 is 9.84 Å². The molecule has 0 aromatic heterocycles. The van der Waals surface area contributed by atoms with Gasteiger partial charge in [-0.05, 0) is 24.8 Å². The van der Waals surface area contributed by atoms with E-state index in [9.17, 15) is 8.42 Å². The summed E-state index contributed by atoms with van der Waals surface area (Å²) in [5.41, 5.74) is 1.34. The molecule has 19 heavy (non-hydrogen) atoms. The van der Waals surface area contributed by atoms with Crippen molar-refractivity contribution in [1.29, 1.82) is 0 Å². The van der Waals surface area contributed by atoms with Crippen LogP contribution in [0.4, 0.5) is 0 Å². The molecular formula is C15H23BrO2S. The minimum atomic E-state index is -2.86. The number of rotatable bonds is 8. The van der Waals surface area contributed by atoms with Crippen LogP contribution in [0.15, 0.2) is 30.3 Å². The van der Waals surface area contributed by atoms with Crippen molar-refractivity contribution in [3.63, 3.8) is 0 Å². The Bertz CT molecular complexity index is 464. The summed E-state index contributed by atoms with van der Waals surface area (Å²) in [6, 6.07) is 10.4. The first-order chi connectivity index (χ1) is 8.99. The van der Waals surface area contributed by atoms with Gasteiger partial charge in [0.15, 0.2) is 0 Å². The average Bonchev–Trinajstić information content (AvgIpc) is 2.45. The Morgan fingerprint density at radius 2 is 1.79 bits per heavy atom. The van der Waals surface area contributed by atoms with Crippen molar-refractivity contribution in [3.05, 3.63) is 35.9 Å². The predicted molar refractivity (Wildman–Crippen MR) is 85.8 cm³/mol. The minimum absolute atomic E-state index is 0.0462. The summed E-state index contributed by atoms with van der Waals surface area (Å²) in [7, 11) is -2.86. The zero-order chi connectivity index (χ0) is 14.4. The molecule has 0 aliphatic carbocycles. The van der Waals surface area contributed by atoms with E-state index in [0.717, 1.165) is 24.6 Å². The van der Waals surface area contributed by atoms with Gasteiger partial charge in [0, 0.05) is 16.5 Å². The van der Waals surface area contributed by atoms with Crippen LogP contribution >= 0.6 is 15.9 Å². The van der Waals surface area contributed by atoms with Crippen LogP contribution in [0, 0.1) is 0 Å². The van der Waals surface area contributed by atoms with E-state index >= 15 is 0 Å². The Labute approximate surface area is 125 Å². The summed E-state index contributed by atoms with van der Waals surface area (Å²) in [4.78, 5) is 0. The third-order valence-electron chi connectivity index (χ3n) is 3.87. The van der Waals surface area contributed by atoms with Gasteiger partial charge in [-0.25, -0.2) is 8.42 Å². The molecule has 108 valence electrons. The Balaban J connectivity index is 2.79. The predicted octanol–water partition coefficient (Wildman–Crippen LogP) is 3.94. The third-order valence-corrected chi connectivity index (χ3v) is 6.73. The van der Waals surface area contributed by atoms with Crippen LogP contribution in [0.25, 0.3) is 0 Å². The summed E-state index contributed by atoms with van der Waals surface area (Å²) >= 11 is 3.62. The molecule has 0 saturated carbocycles. The fourth-order valence-electron chi connectivity index (χ4n) is 2.33. The highest BCUT2D eigenvalue weighted by Gasteiger charge is 2.29. The number of halogens is 1. The van der Waals surface area contributed by atoms with Crippen molar-refractivity contribution in [2.45, 2.75) is 38.5 Å². The monoisotopic (exact) mass is 346 g/mol. The summed E-state index contributed by atoms with van der Waals surface area (Å²) in [5, 5.41) is 0.868. The molecule has 0 heterocycles. The summed E-state index contributed by atoms with van der Waals surface area (Å²) in [5.74, 6) is 0.539. The first-order valence-electron chi connectivity index (χ1n) is 6.81. The Kier molecular flexibility index (Phi) is 6.54. The zero-order valence-corrected chi connectivity index (χ0v) is 14.1. The smallest absolute Gasteiger partial charge is 0.150 e. The second-order valence-electron chi connectivity index (χ2n) is 4.97. The van der Waals surface area contributed by atoms with Gasteiger partial charge in [-0.3, -0.25) is 0 Å². The van der Waals surface area contributed by atoms with Gasteiger partial charge in [0.2, 0.25) is 0 Å². The second kappa shape index (κ2) is 7.44. The van der Waals surface area contributed by atoms with E-state index in [1.807, 2.05) is 18.2 Å². The normalized spacial score (nSPS) is 15.1. The van der Waals surface area contributed by atoms with Crippen molar-refractivity contribution in [1.82, 2.24) is 0 Å². The molecular weight excluding hydrogens is 324 g/mol. The van der Waals surface area contributed by atoms with Crippen LogP contribution in [0.1, 0.15) is 38.7 Å². The van der Waals surface area contributed by atoms with Crippen LogP contribution in [0.3, 0.4) is 0 Å². The first-order valence-corrected chi connectivity index (χ1v) is 9.76. The topological polar surface area (TPSA) is 34.1 Å². The Hall–Kier alpha value is -0.350. The number of alkyl halides is 1. The molecule has 0 aliphatic rings. The van der Waals surface area contributed by atoms with Crippen LogP contribution in [0.5, 0.6) is 0 Å². The van der Waals surface area contributed by atoms with E-state index in [1.54, 1.807) is 6.92 Å². The number of sulfone groups is 1. The largest absolute Gasteiger partial charge is 0.229 e. The van der Waals surface area contributed by atoms with Gasteiger partial charge in [0.1, 0.15) is 9.84 Å². The van der Waals surface area contributed by atoms with Gasteiger partial charge in [-0.15, -0.1) is 0 Å². The van der Waals surface area contributed by atoms with Crippen molar-refractivity contribution in [2.24, 2.45) is 0 Å². The molecule has 1 atom stereocenters. The van der Waals surface area contributed by atoms with E-state index in [-0.39, 0.29) is 11.2 Å². The molecule has 0 aliphatic heterocycles. The van der Waals surface area contributed by atoms with Crippen LogP contribution in [0.2, 0.25) is 0 Å². The lowest BCUT2D eigenvalue weighted by Gasteiger charge is -2.31. The molecule has 0 spiro atoms. The number of benzene rings is 1.